The van der Waals surface area contributed by atoms with Crippen LogP contribution in [-0.4, -0.2) is 46.7 Å². The average molecular weight is 540 g/mol. The Morgan fingerprint density at radius 2 is 1.38 bits per heavy atom. The van der Waals surface area contributed by atoms with E-state index in [2.05, 4.69) is 4.98 Å². The van der Waals surface area contributed by atoms with E-state index in [0.29, 0.717) is 5.46 Å². The molecule has 1 aromatic carbocycles. The number of rotatable bonds is 5. The molecule has 1 saturated heterocycles. The molecule has 2 amide bonds. The fourth-order valence-electron chi connectivity index (χ4n) is 3.66. The second-order valence-electron chi connectivity index (χ2n) is 12.6. The Morgan fingerprint density at radius 1 is 0.897 bits per heavy atom. The van der Waals surface area contributed by atoms with Crippen LogP contribution in [0.15, 0.2) is 42.6 Å². The molecule has 2 aromatic rings. The molecule has 3 rings (SSSR count). The third-order valence-electron chi connectivity index (χ3n) is 6.32. The van der Waals surface area contributed by atoms with E-state index in [1.165, 1.54) is 6.20 Å². The molecule has 0 N–H and O–H groups in total. The fourth-order valence-corrected chi connectivity index (χ4v) is 3.66. The summed E-state index contributed by atoms with van der Waals surface area (Å²) in [6.45, 7) is 19.9. The summed E-state index contributed by atoms with van der Waals surface area (Å²) in [4.78, 5) is 32.0. The smallest absolute Gasteiger partial charge is 0.482 e. The Balaban J connectivity index is 2.12. The molecule has 9 nitrogen and oxygen atoms in total. The van der Waals surface area contributed by atoms with E-state index in [0.717, 1.165) is 10.5 Å². The van der Waals surface area contributed by atoms with Crippen LogP contribution in [0.1, 0.15) is 87.8 Å². The maximum absolute atomic E-state index is 13.4. The summed E-state index contributed by atoms with van der Waals surface area (Å²) in [7, 11) is -0.734. The Labute approximate surface area is 232 Å². The molecule has 212 valence electrons. The number of carbonyl (C=O) groups is 2. The monoisotopic (exact) mass is 540 g/mol. The molecule has 1 aromatic heterocycles. The van der Waals surface area contributed by atoms with Gasteiger partial charge in [-0.1, -0.05) is 30.3 Å². The molecule has 1 aliphatic heterocycles. The van der Waals surface area contributed by atoms with Crippen molar-refractivity contribution in [3.63, 3.8) is 0 Å². The number of ether oxygens (including phenoxy) is 3. The molecule has 0 bridgehead atoms. The van der Waals surface area contributed by atoms with Crippen LogP contribution in [0.5, 0.6) is 5.75 Å². The minimum atomic E-state index is -0.940. The molecule has 0 aliphatic carbocycles. The van der Waals surface area contributed by atoms with Crippen molar-refractivity contribution in [1.82, 2.24) is 4.98 Å². The van der Waals surface area contributed by atoms with Crippen LogP contribution in [0.3, 0.4) is 0 Å². The van der Waals surface area contributed by atoms with Gasteiger partial charge in [0.05, 0.1) is 11.2 Å². The van der Waals surface area contributed by atoms with Crippen molar-refractivity contribution in [2.45, 2.75) is 105 Å². The summed E-state index contributed by atoms with van der Waals surface area (Å²) < 4.78 is 29.9. The molecule has 0 radical (unpaired) electrons. The van der Waals surface area contributed by atoms with Crippen LogP contribution >= 0.6 is 0 Å². The van der Waals surface area contributed by atoms with Gasteiger partial charge in [0, 0.05) is 11.7 Å². The molecule has 10 heteroatoms. The second-order valence-corrected chi connectivity index (χ2v) is 12.6. The van der Waals surface area contributed by atoms with Crippen molar-refractivity contribution in [2.75, 3.05) is 4.90 Å². The van der Waals surface area contributed by atoms with E-state index >= 15 is 0 Å². The minimum Gasteiger partial charge on any atom is -0.482 e. The summed E-state index contributed by atoms with van der Waals surface area (Å²) in [5.74, 6) is 0.0943. The number of hydrogen-bond donors (Lipinski definition) is 0. The molecule has 1 unspecified atom stereocenters. The van der Waals surface area contributed by atoms with Gasteiger partial charge in [0.2, 0.25) is 0 Å². The lowest BCUT2D eigenvalue weighted by Crippen LogP contribution is -2.45. The first-order chi connectivity index (χ1) is 17.8. The topological polar surface area (TPSA) is 96.4 Å². The summed E-state index contributed by atoms with van der Waals surface area (Å²) in [6, 6.07) is 11.2. The number of nitrogens with zero attached hydrogens (tertiary/aromatic N) is 2. The predicted octanol–water partition coefficient (Wildman–Crippen LogP) is 6.20. The minimum absolute atomic E-state index is 0.0680. The molecule has 0 saturated carbocycles. The maximum atomic E-state index is 13.4. The van der Waals surface area contributed by atoms with Crippen molar-refractivity contribution in [1.29, 1.82) is 0 Å². The first-order valence-corrected chi connectivity index (χ1v) is 13.1. The van der Waals surface area contributed by atoms with Gasteiger partial charge < -0.3 is 23.5 Å². The van der Waals surface area contributed by atoms with Gasteiger partial charge in [-0.3, -0.25) is 0 Å². The highest BCUT2D eigenvalue weighted by atomic mass is 16.7. The Kier molecular flexibility index (Phi) is 8.44. The van der Waals surface area contributed by atoms with Gasteiger partial charge in [0.1, 0.15) is 17.3 Å². The number of pyridine rings is 1. The summed E-state index contributed by atoms with van der Waals surface area (Å²) in [5, 5.41) is 0. The van der Waals surface area contributed by atoms with Crippen molar-refractivity contribution in [3.8, 4) is 5.75 Å². The summed E-state index contributed by atoms with van der Waals surface area (Å²) >= 11 is 0. The molecule has 39 heavy (non-hydrogen) atoms. The van der Waals surface area contributed by atoms with Gasteiger partial charge in [-0.05, 0) is 87.8 Å². The van der Waals surface area contributed by atoms with Gasteiger partial charge in [0.15, 0.2) is 11.6 Å². The van der Waals surface area contributed by atoms with E-state index in [9.17, 15) is 9.59 Å². The highest BCUT2D eigenvalue weighted by molar-refractivity contribution is 6.62. The number of hydrogen-bond acceptors (Lipinski definition) is 8. The predicted molar refractivity (Wildman–Crippen MR) is 150 cm³/mol. The van der Waals surface area contributed by atoms with Crippen LogP contribution in [0, 0.1) is 0 Å². The van der Waals surface area contributed by atoms with Gasteiger partial charge >= 0.3 is 19.3 Å². The number of benzene rings is 1. The molecule has 2 heterocycles. The van der Waals surface area contributed by atoms with Crippen LogP contribution in [0.25, 0.3) is 0 Å². The van der Waals surface area contributed by atoms with Crippen LogP contribution < -0.4 is 15.1 Å². The van der Waals surface area contributed by atoms with Crippen molar-refractivity contribution in [2.24, 2.45) is 0 Å². The molecular formula is C29H41BN2O7. The lowest BCUT2D eigenvalue weighted by atomic mass is 9.80. The van der Waals surface area contributed by atoms with Gasteiger partial charge in [-0.15, -0.1) is 0 Å². The maximum Gasteiger partial charge on any atom is 0.496 e. The first-order valence-electron chi connectivity index (χ1n) is 13.1. The van der Waals surface area contributed by atoms with Crippen LogP contribution in [-0.2, 0) is 18.8 Å². The quantitative estimate of drug-likeness (QED) is 0.414. The highest BCUT2D eigenvalue weighted by Gasteiger charge is 2.52. The van der Waals surface area contributed by atoms with Crippen molar-refractivity contribution < 1.29 is 33.1 Å². The van der Waals surface area contributed by atoms with Crippen LogP contribution in [0.4, 0.5) is 15.4 Å². The number of anilines is 1. The largest absolute Gasteiger partial charge is 0.496 e. The number of amides is 2. The Morgan fingerprint density at radius 3 is 1.85 bits per heavy atom. The lowest BCUT2D eigenvalue weighted by molar-refractivity contribution is 0.00578. The van der Waals surface area contributed by atoms with Gasteiger partial charge in [0.25, 0.3) is 0 Å². The number of aromatic nitrogens is 1. The van der Waals surface area contributed by atoms with E-state index in [1.54, 1.807) is 47.6 Å². The van der Waals surface area contributed by atoms with E-state index in [4.69, 9.17) is 23.5 Å². The second kappa shape index (κ2) is 10.8. The molecule has 1 fully saturated rings. The van der Waals surface area contributed by atoms with E-state index in [-0.39, 0.29) is 11.6 Å². The lowest BCUT2D eigenvalue weighted by Gasteiger charge is -2.32. The van der Waals surface area contributed by atoms with E-state index in [1.807, 2.05) is 65.0 Å². The number of carbonyl (C=O) groups excluding carboxylic acids is 2. The average Bonchev–Trinajstić information content (AvgIpc) is 2.99. The summed E-state index contributed by atoms with van der Waals surface area (Å²) in [5.41, 5.74) is -1.44. The highest BCUT2D eigenvalue weighted by Crippen LogP contribution is 2.38. The number of imide groups is 1. The molecule has 1 aliphatic rings. The standard InChI is InChI=1S/C29H41BN2O7/c1-19(20-15-13-12-14-16-20)35-22-17-21(30-38-28(8,9)29(10,11)39-30)18-31-23(22)32(24(33)36-26(2,3)4)25(34)37-27(5,6)7/h12-19H,1-11H3. The summed E-state index contributed by atoms with van der Waals surface area (Å²) in [6.07, 6.45) is -0.826. The molecular weight excluding hydrogens is 499 g/mol. The molecule has 0 spiro atoms. The third kappa shape index (κ3) is 7.51. The van der Waals surface area contributed by atoms with Crippen molar-refractivity contribution >= 4 is 30.6 Å². The normalized spacial score (nSPS) is 17.4. The Hall–Kier alpha value is -3.11. The zero-order chi connectivity index (χ0) is 29.4. The van der Waals surface area contributed by atoms with Crippen molar-refractivity contribution in [3.05, 3.63) is 48.2 Å². The van der Waals surface area contributed by atoms with Gasteiger partial charge in [-0.25, -0.2) is 14.6 Å². The van der Waals surface area contributed by atoms with E-state index < -0.39 is 47.8 Å². The fraction of sp³-hybridized carbons (Fsp3) is 0.552. The van der Waals surface area contributed by atoms with Gasteiger partial charge in [-0.2, -0.15) is 4.90 Å². The first kappa shape index (κ1) is 30.4. The zero-order valence-electron chi connectivity index (χ0n) is 24.9. The van der Waals surface area contributed by atoms with Crippen LogP contribution in [0.2, 0.25) is 0 Å². The SMILES string of the molecule is CC(Oc1cc(B2OC(C)(C)C(C)(C)O2)cnc1N(C(=O)OC(C)(C)C)C(=O)OC(C)(C)C)c1ccccc1. The molecule has 1 atom stereocenters. The Bertz CT molecular complexity index is 1140. The third-order valence-corrected chi connectivity index (χ3v) is 6.32. The zero-order valence-corrected chi connectivity index (χ0v) is 24.9.